The Bertz CT molecular complexity index is 2900. The lowest BCUT2D eigenvalue weighted by atomic mass is 9.91. The van der Waals surface area contributed by atoms with Crippen LogP contribution in [0.15, 0.2) is 237 Å². The van der Waals surface area contributed by atoms with Crippen LogP contribution in [0.25, 0.3) is 100 Å². The van der Waals surface area contributed by atoms with E-state index in [1.807, 2.05) is 43.2 Å². The highest BCUT2D eigenvalue weighted by Crippen LogP contribution is 2.37. The van der Waals surface area contributed by atoms with Crippen LogP contribution in [0.1, 0.15) is 0 Å². The van der Waals surface area contributed by atoms with Crippen molar-refractivity contribution in [3.63, 3.8) is 0 Å². The first-order valence-corrected chi connectivity index (χ1v) is 20.2. The molecule has 0 amide bonds. The Kier molecular flexibility index (Phi) is 9.97. The predicted octanol–water partition coefficient (Wildman–Crippen LogP) is 14.9. The van der Waals surface area contributed by atoms with Gasteiger partial charge in [0.25, 0.3) is 0 Å². The van der Waals surface area contributed by atoms with E-state index < -0.39 is 0 Å². The number of pyridine rings is 3. The van der Waals surface area contributed by atoms with E-state index in [1.165, 1.54) is 55.6 Å². The Balaban J connectivity index is 0.997. The van der Waals surface area contributed by atoms with Crippen molar-refractivity contribution < 1.29 is 0 Å². The molecule has 3 heterocycles. The third kappa shape index (κ3) is 7.80. The highest BCUT2D eigenvalue weighted by molar-refractivity contribution is 5.85. The smallest absolute Gasteiger partial charge is 0.0346 e. The molecule has 0 fully saturated rings. The van der Waals surface area contributed by atoms with Gasteiger partial charge in [-0.3, -0.25) is 15.0 Å². The van der Waals surface area contributed by atoms with Gasteiger partial charge >= 0.3 is 0 Å². The minimum absolute atomic E-state index is 1.08. The quantitative estimate of drug-likeness (QED) is 0.147. The standard InChI is InChI=1S/C57H39N3/c1-8-42(40-21-26-58-27-22-40)30-44(10-1)46-12-3-14-48(32-46)50-16-5-18-52(34-50)55-36-56(38-57(37-55)54-20-7-25-60-39-54)53-19-6-17-51(35-53)49-15-4-13-47(33-49)45-11-2-9-43(31-45)41-23-28-59-29-24-41/h1-39H. The van der Waals surface area contributed by atoms with Crippen molar-refractivity contribution in [1.82, 2.24) is 15.0 Å². The molecule has 0 aliphatic carbocycles. The highest BCUT2D eigenvalue weighted by Gasteiger charge is 2.12. The lowest BCUT2D eigenvalue weighted by Gasteiger charge is -2.14. The van der Waals surface area contributed by atoms with Gasteiger partial charge in [-0.25, -0.2) is 0 Å². The molecular formula is C57H39N3. The summed E-state index contributed by atoms with van der Waals surface area (Å²) in [6.07, 6.45) is 11.1. The van der Waals surface area contributed by atoms with Crippen LogP contribution in [0.2, 0.25) is 0 Å². The summed E-state index contributed by atoms with van der Waals surface area (Å²) < 4.78 is 0. The fourth-order valence-electron chi connectivity index (χ4n) is 8.02. The second-order valence-corrected chi connectivity index (χ2v) is 15.0. The summed E-state index contributed by atoms with van der Waals surface area (Å²) in [6.45, 7) is 0. The largest absolute Gasteiger partial charge is 0.265 e. The molecule has 0 N–H and O–H groups in total. The number of nitrogens with zero attached hydrogens (tertiary/aromatic N) is 3. The SMILES string of the molecule is c1cncc(-c2cc(-c3cccc(-c4cccc(-c5cccc(-c6ccncc6)c5)c4)c3)cc(-c3cccc(-c4cccc(-c5cccc(-c6ccncc6)c5)c4)c3)c2)c1. The summed E-state index contributed by atoms with van der Waals surface area (Å²) in [7, 11) is 0. The molecule has 0 saturated heterocycles. The summed E-state index contributed by atoms with van der Waals surface area (Å²) in [5, 5.41) is 0. The summed E-state index contributed by atoms with van der Waals surface area (Å²) in [6, 6.07) is 72.1. The third-order valence-corrected chi connectivity index (χ3v) is 11.1. The minimum Gasteiger partial charge on any atom is -0.265 e. The van der Waals surface area contributed by atoms with E-state index >= 15 is 0 Å². The van der Waals surface area contributed by atoms with Crippen molar-refractivity contribution in [2.75, 3.05) is 0 Å². The van der Waals surface area contributed by atoms with Crippen molar-refractivity contribution in [3.05, 3.63) is 237 Å². The van der Waals surface area contributed by atoms with E-state index in [4.69, 9.17) is 0 Å². The maximum absolute atomic E-state index is 4.48. The second-order valence-electron chi connectivity index (χ2n) is 15.0. The highest BCUT2D eigenvalue weighted by atomic mass is 14.6. The molecule has 10 aromatic rings. The molecular weight excluding hydrogens is 727 g/mol. The molecule has 0 saturated carbocycles. The van der Waals surface area contributed by atoms with E-state index in [0.29, 0.717) is 0 Å². The molecule has 0 aliphatic rings. The zero-order valence-corrected chi connectivity index (χ0v) is 32.9. The van der Waals surface area contributed by atoms with E-state index in [9.17, 15) is 0 Å². The molecule has 3 nitrogen and oxygen atoms in total. The van der Waals surface area contributed by atoms with E-state index in [0.717, 1.165) is 44.5 Å². The molecule has 0 spiro atoms. The summed E-state index contributed by atoms with van der Waals surface area (Å²) >= 11 is 0. The Morgan fingerprint density at radius 3 is 0.683 bits per heavy atom. The van der Waals surface area contributed by atoms with Gasteiger partial charge in [0.2, 0.25) is 0 Å². The fraction of sp³-hybridized carbons (Fsp3) is 0. The average molecular weight is 766 g/mol. The number of rotatable bonds is 9. The van der Waals surface area contributed by atoms with Gasteiger partial charge in [-0.05, 0) is 180 Å². The minimum atomic E-state index is 1.08. The van der Waals surface area contributed by atoms with Crippen LogP contribution in [-0.2, 0) is 0 Å². The van der Waals surface area contributed by atoms with E-state index in [-0.39, 0.29) is 0 Å². The second kappa shape index (κ2) is 16.5. The molecule has 0 radical (unpaired) electrons. The molecule has 3 aromatic heterocycles. The first-order valence-electron chi connectivity index (χ1n) is 20.2. The van der Waals surface area contributed by atoms with Crippen LogP contribution >= 0.6 is 0 Å². The van der Waals surface area contributed by atoms with Gasteiger partial charge in [0.15, 0.2) is 0 Å². The maximum Gasteiger partial charge on any atom is 0.0346 e. The van der Waals surface area contributed by atoms with Crippen LogP contribution < -0.4 is 0 Å². The van der Waals surface area contributed by atoms with Gasteiger partial charge in [-0.15, -0.1) is 0 Å². The Hall–Kier alpha value is -8.01. The lowest BCUT2D eigenvalue weighted by molar-refractivity contribution is 1.33. The molecule has 0 atom stereocenters. The normalized spacial score (nSPS) is 11.0. The first kappa shape index (κ1) is 36.3. The maximum atomic E-state index is 4.48. The number of benzene rings is 7. The zero-order valence-electron chi connectivity index (χ0n) is 32.9. The molecule has 0 aliphatic heterocycles. The van der Waals surface area contributed by atoms with Crippen LogP contribution in [0.5, 0.6) is 0 Å². The molecule has 282 valence electrons. The summed E-state index contributed by atoms with van der Waals surface area (Å²) in [4.78, 5) is 12.9. The Labute approximate surface area is 351 Å². The number of hydrogen-bond acceptors (Lipinski definition) is 3. The molecule has 0 unspecified atom stereocenters. The predicted molar refractivity (Wildman–Crippen MR) is 249 cm³/mol. The van der Waals surface area contributed by atoms with Gasteiger partial charge in [0, 0.05) is 42.7 Å². The van der Waals surface area contributed by atoms with Crippen molar-refractivity contribution in [2.45, 2.75) is 0 Å². The van der Waals surface area contributed by atoms with Crippen molar-refractivity contribution in [2.24, 2.45) is 0 Å². The van der Waals surface area contributed by atoms with Gasteiger partial charge in [-0.1, -0.05) is 115 Å². The third-order valence-electron chi connectivity index (χ3n) is 11.1. The van der Waals surface area contributed by atoms with Crippen molar-refractivity contribution in [1.29, 1.82) is 0 Å². The van der Waals surface area contributed by atoms with Crippen LogP contribution in [-0.4, -0.2) is 15.0 Å². The number of aromatic nitrogens is 3. The van der Waals surface area contributed by atoms with Gasteiger partial charge in [0.1, 0.15) is 0 Å². The Morgan fingerprint density at radius 1 is 0.167 bits per heavy atom. The lowest BCUT2D eigenvalue weighted by Crippen LogP contribution is -1.89. The van der Waals surface area contributed by atoms with Gasteiger partial charge in [-0.2, -0.15) is 0 Å². The molecule has 3 heteroatoms. The average Bonchev–Trinajstić information content (AvgIpc) is 3.35. The van der Waals surface area contributed by atoms with Crippen LogP contribution in [0, 0.1) is 0 Å². The van der Waals surface area contributed by atoms with Crippen molar-refractivity contribution >= 4 is 0 Å². The zero-order chi connectivity index (χ0) is 40.1. The molecule has 60 heavy (non-hydrogen) atoms. The number of hydrogen-bond donors (Lipinski definition) is 0. The summed E-state index contributed by atoms with van der Waals surface area (Å²) in [5.74, 6) is 0. The van der Waals surface area contributed by atoms with E-state index in [2.05, 4.69) is 209 Å². The van der Waals surface area contributed by atoms with Gasteiger partial charge < -0.3 is 0 Å². The molecule has 10 rings (SSSR count). The van der Waals surface area contributed by atoms with E-state index in [1.54, 1.807) is 0 Å². The van der Waals surface area contributed by atoms with Crippen molar-refractivity contribution in [3.8, 4) is 100 Å². The van der Waals surface area contributed by atoms with Crippen LogP contribution in [0.4, 0.5) is 0 Å². The molecule has 0 bridgehead atoms. The summed E-state index contributed by atoms with van der Waals surface area (Å²) in [5.41, 5.74) is 20.9. The topological polar surface area (TPSA) is 38.7 Å². The van der Waals surface area contributed by atoms with Crippen LogP contribution in [0.3, 0.4) is 0 Å². The fourth-order valence-corrected chi connectivity index (χ4v) is 8.02. The molecule has 7 aromatic carbocycles. The Morgan fingerprint density at radius 2 is 0.400 bits per heavy atom. The first-order chi connectivity index (χ1) is 29.7. The monoisotopic (exact) mass is 765 g/mol. The van der Waals surface area contributed by atoms with Gasteiger partial charge in [0.05, 0.1) is 0 Å².